The second kappa shape index (κ2) is 9.53. The minimum absolute atomic E-state index is 0.169. The lowest BCUT2D eigenvalue weighted by Gasteiger charge is -2.17. The summed E-state index contributed by atoms with van der Waals surface area (Å²) in [6.07, 6.45) is 0. The summed E-state index contributed by atoms with van der Waals surface area (Å²) >= 11 is 0. The van der Waals surface area contributed by atoms with Gasteiger partial charge in [0.05, 0.1) is 17.8 Å². The van der Waals surface area contributed by atoms with Crippen molar-refractivity contribution in [3.63, 3.8) is 0 Å². The minimum atomic E-state index is -0.278. The number of hydrogen-bond acceptors (Lipinski definition) is 5. The summed E-state index contributed by atoms with van der Waals surface area (Å²) in [5, 5.41) is 5.74. The molecule has 0 saturated carbocycles. The SMILES string of the molecule is Cc1cccc(NC(=O)c2ccccc2NC(=O)CN(C)Cc2ccc3c(c2)OCO3)c1. The number of anilines is 2. The van der Waals surface area contributed by atoms with Crippen molar-refractivity contribution < 1.29 is 19.1 Å². The molecule has 1 heterocycles. The minimum Gasteiger partial charge on any atom is -0.454 e. The Kier molecular flexibility index (Phi) is 6.37. The lowest BCUT2D eigenvalue weighted by molar-refractivity contribution is -0.117. The summed E-state index contributed by atoms with van der Waals surface area (Å²) in [6.45, 7) is 2.93. The first-order chi connectivity index (χ1) is 15.5. The number of nitrogens with zero attached hydrogens (tertiary/aromatic N) is 1. The van der Waals surface area contributed by atoms with E-state index in [9.17, 15) is 9.59 Å². The Morgan fingerprint density at radius 1 is 0.938 bits per heavy atom. The molecular formula is C25H25N3O4. The Hall–Kier alpha value is -3.84. The van der Waals surface area contributed by atoms with Crippen LogP contribution in [0, 0.1) is 6.92 Å². The lowest BCUT2D eigenvalue weighted by Crippen LogP contribution is -2.30. The highest BCUT2D eigenvalue weighted by molar-refractivity contribution is 6.10. The Bertz CT molecular complexity index is 1150. The molecule has 0 unspecified atom stereocenters. The summed E-state index contributed by atoms with van der Waals surface area (Å²) in [6, 6.07) is 20.3. The Morgan fingerprint density at radius 2 is 1.75 bits per heavy atom. The molecule has 3 aromatic rings. The van der Waals surface area contributed by atoms with E-state index >= 15 is 0 Å². The smallest absolute Gasteiger partial charge is 0.257 e. The van der Waals surface area contributed by atoms with Gasteiger partial charge in [-0.1, -0.05) is 30.3 Å². The van der Waals surface area contributed by atoms with Crippen LogP contribution in [-0.4, -0.2) is 37.1 Å². The van der Waals surface area contributed by atoms with Gasteiger partial charge in [0, 0.05) is 12.2 Å². The predicted octanol–water partition coefficient (Wildman–Crippen LogP) is 4.05. The Labute approximate surface area is 187 Å². The molecule has 7 heteroatoms. The number of fused-ring (bicyclic) bond motifs is 1. The Balaban J connectivity index is 1.37. The number of carbonyl (C=O) groups excluding carboxylic acids is 2. The van der Waals surface area contributed by atoms with Crippen LogP contribution in [0.2, 0.25) is 0 Å². The number of hydrogen-bond donors (Lipinski definition) is 2. The van der Waals surface area contributed by atoms with E-state index in [1.54, 1.807) is 24.3 Å². The van der Waals surface area contributed by atoms with Crippen molar-refractivity contribution >= 4 is 23.2 Å². The molecule has 0 aromatic heterocycles. The summed E-state index contributed by atoms with van der Waals surface area (Å²) in [7, 11) is 1.86. The van der Waals surface area contributed by atoms with E-state index in [2.05, 4.69) is 10.6 Å². The zero-order valence-electron chi connectivity index (χ0n) is 18.1. The van der Waals surface area contributed by atoms with Gasteiger partial charge in [0.15, 0.2) is 11.5 Å². The van der Waals surface area contributed by atoms with Gasteiger partial charge in [-0.2, -0.15) is 0 Å². The first-order valence-corrected chi connectivity index (χ1v) is 10.3. The summed E-state index contributed by atoms with van der Waals surface area (Å²) in [5.41, 5.74) is 3.65. The highest BCUT2D eigenvalue weighted by Crippen LogP contribution is 2.32. The van der Waals surface area contributed by atoms with Crippen molar-refractivity contribution in [3.8, 4) is 11.5 Å². The monoisotopic (exact) mass is 431 g/mol. The molecule has 0 atom stereocenters. The van der Waals surface area contributed by atoms with E-state index in [0.717, 1.165) is 16.9 Å². The quantitative estimate of drug-likeness (QED) is 0.590. The predicted molar refractivity (Wildman–Crippen MR) is 123 cm³/mol. The van der Waals surface area contributed by atoms with Crippen molar-refractivity contribution in [2.24, 2.45) is 0 Å². The van der Waals surface area contributed by atoms with Crippen molar-refractivity contribution in [3.05, 3.63) is 83.4 Å². The van der Waals surface area contributed by atoms with Crippen LogP contribution in [-0.2, 0) is 11.3 Å². The van der Waals surface area contributed by atoms with Crippen molar-refractivity contribution in [2.75, 3.05) is 31.0 Å². The molecule has 2 N–H and O–H groups in total. The van der Waals surface area contributed by atoms with Crippen LogP contribution < -0.4 is 20.1 Å². The average molecular weight is 431 g/mol. The summed E-state index contributed by atoms with van der Waals surface area (Å²) in [5.74, 6) is 0.966. The van der Waals surface area contributed by atoms with Gasteiger partial charge in [-0.25, -0.2) is 0 Å². The van der Waals surface area contributed by atoms with Gasteiger partial charge in [0.2, 0.25) is 12.7 Å². The highest BCUT2D eigenvalue weighted by Gasteiger charge is 2.16. The number of aryl methyl sites for hydroxylation is 1. The molecule has 7 nitrogen and oxygen atoms in total. The van der Waals surface area contributed by atoms with Crippen molar-refractivity contribution in [2.45, 2.75) is 13.5 Å². The molecule has 4 rings (SSSR count). The van der Waals surface area contributed by atoms with Crippen LogP contribution in [0.3, 0.4) is 0 Å². The molecule has 0 radical (unpaired) electrons. The van der Waals surface area contributed by atoms with E-state index in [-0.39, 0.29) is 25.2 Å². The highest BCUT2D eigenvalue weighted by atomic mass is 16.7. The molecule has 1 aliphatic heterocycles. The summed E-state index contributed by atoms with van der Waals surface area (Å²) < 4.78 is 10.7. The van der Waals surface area contributed by atoms with Gasteiger partial charge >= 0.3 is 0 Å². The fourth-order valence-corrected chi connectivity index (χ4v) is 3.55. The third kappa shape index (κ3) is 5.25. The maximum atomic E-state index is 12.8. The van der Waals surface area contributed by atoms with Crippen molar-refractivity contribution in [1.82, 2.24) is 4.90 Å². The van der Waals surface area contributed by atoms with Gasteiger partial charge in [-0.05, 0) is 61.5 Å². The van der Waals surface area contributed by atoms with Gasteiger partial charge in [-0.15, -0.1) is 0 Å². The second-order valence-electron chi connectivity index (χ2n) is 7.78. The van der Waals surface area contributed by atoms with E-state index in [1.165, 1.54) is 0 Å². The molecule has 32 heavy (non-hydrogen) atoms. The van der Waals surface area contributed by atoms with Crippen LogP contribution >= 0.6 is 0 Å². The van der Waals surface area contributed by atoms with Gasteiger partial charge in [-0.3, -0.25) is 14.5 Å². The first kappa shape index (κ1) is 21.4. The maximum Gasteiger partial charge on any atom is 0.257 e. The third-order valence-corrected chi connectivity index (χ3v) is 5.02. The van der Waals surface area contributed by atoms with E-state index in [4.69, 9.17) is 9.47 Å². The summed E-state index contributed by atoms with van der Waals surface area (Å²) in [4.78, 5) is 27.3. The number of amides is 2. The second-order valence-corrected chi connectivity index (χ2v) is 7.78. The molecule has 3 aromatic carbocycles. The maximum absolute atomic E-state index is 12.8. The van der Waals surface area contributed by atoms with Crippen LogP contribution in [0.15, 0.2) is 66.7 Å². The molecule has 0 fully saturated rings. The average Bonchev–Trinajstić information content (AvgIpc) is 3.22. The van der Waals surface area contributed by atoms with E-state index in [1.807, 2.05) is 61.3 Å². The Morgan fingerprint density at radius 3 is 2.59 bits per heavy atom. The number of carbonyl (C=O) groups is 2. The third-order valence-electron chi connectivity index (χ3n) is 5.02. The van der Waals surface area contributed by atoms with Gasteiger partial charge in [0.1, 0.15) is 0 Å². The van der Waals surface area contributed by atoms with E-state index < -0.39 is 0 Å². The molecular weight excluding hydrogens is 406 g/mol. The molecule has 0 saturated heterocycles. The first-order valence-electron chi connectivity index (χ1n) is 10.3. The van der Waals surface area contributed by atoms with Crippen molar-refractivity contribution in [1.29, 1.82) is 0 Å². The van der Waals surface area contributed by atoms with Crippen LogP contribution in [0.25, 0.3) is 0 Å². The van der Waals surface area contributed by atoms with Crippen LogP contribution in [0.5, 0.6) is 11.5 Å². The zero-order valence-corrected chi connectivity index (χ0v) is 18.1. The number of ether oxygens (including phenoxy) is 2. The number of benzene rings is 3. The van der Waals surface area contributed by atoms with Gasteiger partial charge in [0.25, 0.3) is 5.91 Å². The molecule has 164 valence electrons. The lowest BCUT2D eigenvalue weighted by atomic mass is 10.1. The normalized spacial score (nSPS) is 12.0. The molecule has 1 aliphatic rings. The zero-order chi connectivity index (χ0) is 22.5. The number of para-hydroxylation sites is 1. The molecule has 0 bridgehead atoms. The fourth-order valence-electron chi connectivity index (χ4n) is 3.55. The topological polar surface area (TPSA) is 79.9 Å². The largest absolute Gasteiger partial charge is 0.454 e. The number of nitrogens with one attached hydrogen (secondary N) is 2. The number of likely N-dealkylation sites (N-methyl/N-ethyl adjacent to an activating group) is 1. The number of rotatable bonds is 7. The molecule has 2 amide bonds. The van der Waals surface area contributed by atoms with Gasteiger partial charge < -0.3 is 20.1 Å². The fraction of sp³-hybridized carbons (Fsp3) is 0.200. The molecule has 0 aliphatic carbocycles. The van der Waals surface area contributed by atoms with Crippen LogP contribution in [0.4, 0.5) is 11.4 Å². The molecule has 0 spiro atoms. The van der Waals surface area contributed by atoms with E-state index in [0.29, 0.717) is 29.2 Å². The standard InChI is InChI=1S/C25H25N3O4/c1-17-6-5-7-19(12-17)26-25(30)20-8-3-4-9-21(20)27-24(29)15-28(2)14-18-10-11-22-23(13-18)32-16-31-22/h3-13H,14-16H2,1-2H3,(H,26,30)(H,27,29). The van der Waals surface area contributed by atoms with Crippen LogP contribution in [0.1, 0.15) is 21.5 Å².